The van der Waals surface area contributed by atoms with E-state index in [0.29, 0.717) is 18.0 Å². The molecule has 0 aliphatic carbocycles. The average Bonchev–Trinajstić information content (AvgIpc) is 3.33. The molecule has 1 aliphatic rings. The maximum Gasteiger partial charge on any atom is 0.170 e. The number of nitrogens with zero attached hydrogens (tertiary/aromatic N) is 3. The molecule has 7 nitrogen and oxygen atoms in total. The number of ether oxygens (including phenoxy) is 2. The van der Waals surface area contributed by atoms with Crippen LogP contribution in [0.4, 0.5) is 10.1 Å². The molecule has 0 spiro atoms. The van der Waals surface area contributed by atoms with Crippen molar-refractivity contribution < 1.29 is 18.4 Å². The lowest BCUT2D eigenvalue weighted by atomic mass is 10.1. The first kappa shape index (κ1) is 23.1. The third kappa shape index (κ3) is 5.83. The molecule has 0 saturated carbocycles. The van der Waals surface area contributed by atoms with Gasteiger partial charge in [0, 0.05) is 43.5 Å². The molecule has 4 rings (SSSR count). The molecule has 1 aliphatic heterocycles. The Morgan fingerprint density at radius 2 is 1.82 bits per heavy atom. The molecule has 0 atom stereocenters. The molecular formula is C25H31FN4O3. The fourth-order valence-corrected chi connectivity index (χ4v) is 4.13. The predicted octanol–water partition coefficient (Wildman–Crippen LogP) is 3.80. The van der Waals surface area contributed by atoms with E-state index in [1.165, 1.54) is 12.1 Å². The number of anilines is 1. The molecule has 0 unspecified atom stereocenters. The Morgan fingerprint density at radius 1 is 1.03 bits per heavy atom. The molecular weight excluding hydrogens is 423 g/mol. The van der Waals surface area contributed by atoms with Gasteiger partial charge in [-0.1, -0.05) is 11.2 Å². The van der Waals surface area contributed by atoms with E-state index < -0.39 is 0 Å². The second kappa shape index (κ2) is 11.2. The topological polar surface area (TPSA) is 63.0 Å². The Bertz CT molecular complexity index is 1020. The van der Waals surface area contributed by atoms with Crippen LogP contribution in [0, 0.1) is 5.82 Å². The van der Waals surface area contributed by atoms with Crippen molar-refractivity contribution in [2.45, 2.75) is 13.0 Å². The first-order chi connectivity index (χ1) is 16.2. The van der Waals surface area contributed by atoms with Crippen molar-refractivity contribution in [1.29, 1.82) is 0 Å². The van der Waals surface area contributed by atoms with Crippen molar-refractivity contribution in [2.75, 3.05) is 58.4 Å². The highest BCUT2D eigenvalue weighted by Crippen LogP contribution is 2.37. The van der Waals surface area contributed by atoms with Crippen molar-refractivity contribution in [3.8, 4) is 22.8 Å². The first-order valence-corrected chi connectivity index (χ1v) is 11.3. The van der Waals surface area contributed by atoms with E-state index in [4.69, 9.17) is 14.0 Å². The third-order valence-electron chi connectivity index (χ3n) is 5.93. The minimum absolute atomic E-state index is 0.188. The van der Waals surface area contributed by atoms with Gasteiger partial charge in [0.15, 0.2) is 17.3 Å². The van der Waals surface area contributed by atoms with Gasteiger partial charge in [-0.2, -0.15) is 0 Å². The zero-order valence-corrected chi connectivity index (χ0v) is 19.2. The van der Waals surface area contributed by atoms with E-state index in [1.807, 2.05) is 36.4 Å². The van der Waals surface area contributed by atoms with Gasteiger partial charge in [0.2, 0.25) is 0 Å². The summed E-state index contributed by atoms with van der Waals surface area (Å²) in [5.41, 5.74) is 2.66. The van der Waals surface area contributed by atoms with E-state index >= 15 is 0 Å². The lowest BCUT2D eigenvalue weighted by Crippen LogP contribution is -2.47. The molecule has 2 aromatic carbocycles. The number of para-hydroxylation sites is 1. The maximum atomic E-state index is 13.1. The maximum absolute atomic E-state index is 13.1. The average molecular weight is 455 g/mol. The fourth-order valence-electron chi connectivity index (χ4n) is 4.13. The standard InChI is InChI=1S/C25H31FN4O3/c1-31-24-6-3-5-22(25(24)32-2)23-17-21(33-28-23)18-27-11-4-12-29-13-15-30(16-14-29)20-9-7-19(26)8-10-20/h3,5-10,17,27H,4,11-16,18H2,1-2H3. The Kier molecular flexibility index (Phi) is 7.80. The van der Waals surface area contributed by atoms with Crippen molar-refractivity contribution in [3.63, 3.8) is 0 Å². The number of hydrogen-bond acceptors (Lipinski definition) is 7. The van der Waals surface area contributed by atoms with Crippen LogP contribution in [0.5, 0.6) is 11.5 Å². The van der Waals surface area contributed by atoms with Gasteiger partial charge in [-0.25, -0.2) is 4.39 Å². The van der Waals surface area contributed by atoms with Crippen LogP contribution >= 0.6 is 0 Å². The molecule has 33 heavy (non-hydrogen) atoms. The van der Waals surface area contributed by atoms with Gasteiger partial charge in [0.25, 0.3) is 0 Å². The molecule has 1 saturated heterocycles. The van der Waals surface area contributed by atoms with Crippen LogP contribution in [0.2, 0.25) is 0 Å². The summed E-state index contributed by atoms with van der Waals surface area (Å²) < 4.78 is 29.5. The Hall–Kier alpha value is -3.10. The van der Waals surface area contributed by atoms with E-state index in [-0.39, 0.29) is 5.82 Å². The molecule has 0 amide bonds. The molecule has 3 aromatic rings. The SMILES string of the molecule is COc1cccc(-c2cc(CNCCCN3CCN(c4ccc(F)cc4)CC3)on2)c1OC. The molecule has 0 radical (unpaired) electrons. The number of piperazine rings is 1. The van der Waals surface area contributed by atoms with Crippen LogP contribution in [-0.2, 0) is 6.54 Å². The van der Waals surface area contributed by atoms with Gasteiger partial charge in [-0.3, -0.25) is 4.90 Å². The van der Waals surface area contributed by atoms with E-state index in [0.717, 1.165) is 68.4 Å². The zero-order chi connectivity index (χ0) is 23.0. The number of methoxy groups -OCH3 is 2. The Labute approximate surface area is 194 Å². The first-order valence-electron chi connectivity index (χ1n) is 11.3. The second-order valence-corrected chi connectivity index (χ2v) is 8.05. The lowest BCUT2D eigenvalue weighted by molar-refractivity contribution is 0.253. The zero-order valence-electron chi connectivity index (χ0n) is 19.2. The normalized spacial score (nSPS) is 14.5. The van der Waals surface area contributed by atoms with Crippen molar-refractivity contribution in [1.82, 2.24) is 15.4 Å². The van der Waals surface area contributed by atoms with Crippen molar-refractivity contribution >= 4 is 5.69 Å². The highest BCUT2D eigenvalue weighted by molar-refractivity contribution is 5.71. The fraction of sp³-hybridized carbons (Fsp3) is 0.400. The Balaban J connectivity index is 1.17. The molecule has 176 valence electrons. The van der Waals surface area contributed by atoms with Gasteiger partial charge in [-0.15, -0.1) is 0 Å². The van der Waals surface area contributed by atoms with Crippen LogP contribution in [0.25, 0.3) is 11.3 Å². The number of nitrogens with one attached hydrogen (secondary N) is 1. The smallest absolute Gasteiger partial charge is 0.170 e. The predicted molar refractivity (Wildman–Crippen MR) is 126 cm³/mol. The molecule has 0 bridgehead atoms. The quantitative estimate of drug-likeness (QED) is 0.468. The van der Waals surface area contributed by atoms with Crippen molar-refractivity contribution in [3.05, 3.63) is 60.1 Å². The summed E-state index contributed by atoms with van der Waals surface area (Å²) in [6, 6.07) is 14.4. The van der Waals surface area contributed by atoms with Gasteiger partial charge >= 0.3 is 0 Å². The molecule has 1 aromatic heterocycles. The van der Waals surface area contributed by atoms with Crippen LogP contribution < -0.4 is 19.7 Å². The number of halogens is 1. The van der Waals surface area contributed by atoms with Gasteiger partial charge in [0.1, 0.15) is 11.5 Å². The van der Waals surface area contributed by atoms with Crippen LogP contribution in [-0.4, -0.2) is 63.5 Å². The summed E-state index contributed by atoms with van der Waals surface area (Å²) in [6.45, 7) is 6.54. The van der Waals surface area contributed by atoms with E-state index in [1.54, 1.807) is 14.2 Å². The van der Waals surface area contributed by atoms with E-state index in [2.05, 4.69) is 20.3 Å². The molecule has 8 heteroatoms. The molecule has 1 fully saturated rings. The number of hydrogen-bond donors (Lipinski definition) is 1. The number of rotatable bonds is 10. The second-order valence-electron chi connectivity index (χ2n) is 8.05. The summed E-state index contributed by atoms with van der Waals surface area (Å²) in [5, 5.41) is 7.63. The number of aromatic nitrogens is 1. The van der Waals surface area contributed by atoms with Crippen LogP contribution in [0.3, 0.4) is 0 Å². The summed E-state index contributed by atoms with van der Waals surface area (Å²) in [4.78, 5) is 4.79. The van der Waals surface area contributed by atoms with Gasteiger partial charge in [-0.05, 0) is 55.9 Å². The monoisotopic (exact) mass is 454 g/mol. The van der Waals surface area contributed by atoms with Crippen LogP contribution in [0.15, 0.2) is 53.1 Å². The van der Waals surface area contributed by atoms with Gasteiger partial charge in [0.05, 0.1) is 20.8 Å². The third-order valence-corrected chi connectivity index (χ3v) is 5.93. The molecule has 2 heterocycles. The van der Waals surface area contributed by atoms with E-state index in [9.17, 15) is 4.39 Å². The summed E-state index contributed by atoms with van der Waals surface area (Å²) in [6.07, 6.45) is 1.06. The minimum Gasteiger partial charge on any atom is -0.493 e. The summed E-state index contributed by atoms with van der Waals surface area (Å²) in [7, 11) is 3.23. The Morgan fingerprint density at radius 3 is 2.55 bits per heavy atom. The highest BCUT2D eigenvalue weighted by Gasteiger charge is 2.17. The summed E-state index contributed by atoms with van der Waals surface area (Å²) >= 11 is 0. The number of benzene rings is 2. The highest BCUT2D eigenvalue weighted by atomic mass is 19.1. The lowest BCUT2D eigenvalue weighted by Gasteiger charge is -2.36. The summed E-state index contributed by atoms with van der Waals surface area (Å²) in [5.74, 6) is 1.90. The molecule has 1 N–H and O–H groups in total. The largest absolute Gasteiger partial charge is 0.493 e. The minimum atomic E-state index is -0.188. The van der Waals surface area contributed by atoms with Crippen molar-refractivity contribution in [2.24, 2.45) is 0 Å². The van der Waals surface area contributed by atoms with Crippen LogP contribution in [0.1, 0.15) is 12.2 Å². The van der Waals surface area contributed by atoms with Gasteiger partial charge < -0.3 is 24.2 Å².